The minimum atomic E-state index is -3.76. The molecule has 114 valence electrons. The maximum absolute atomic E-state index is 11.8. The Morgan fingerprint density at radius 3 is 2.29 bits per heavy atom. The fourth-order valence-corrected chi connectivity index (χ4v) is 2.56. The van der Waals surface area contributed by atoms with Crippen LogP contribution in [-0.2, 0) is 9.84 Å². The molecule has 1 aromatic rings. The molecule has 0 aliphatic carbocycles. The minimum absolute atomic E-state index is 0.0374. The summed E-state index contributed by atoms with van der Waals surface area (Å²) in [6.45, 7) is -0.314. The summed E-state index contributed by atoms with van der Waals surface area (Å²) in [4.78, 5) is 31.8. The van der Waals surface area contributed by atoms with Gasteiger partial charge in [-0.25, -0.2) is 13.2 Å². The van der Waals surface area contributed by atoms with Crippen LogP contribution in [0.2, 0.25) is 0 Å². The lowest BCUT2D eigenvalue weighted by atomic mass is 10.1. The summed E-state index contributed by atoms with van der Waals surface area (Å²) in [6, 6.07) is 4.55. The molecule has 0 heterocycles. The Morgan fingerprint density at radius 2 is 1.81 bits per heavy atom. The van der Waals surface area contributed by atoms with Gasteiger partial charge in [0.2, 0.25) is 0 Å². The van der Waals surface area contributed by atoms with Crippen LogP contribution in [0.15, 0.2) is 24.3 Å². The van der Waals surface area contributed by atoms with Gasteiger partial charge in [0, 0.05) is 24.2 Å². The summed E-state index contributed by atoms with van der Waals surface area (Å²) in [7, 11) is -3.76. The molecule has 2 N–H and O–H groups in total. The first kappa shape index (κ1) is 16.6. The van der Waals surface area contributed by atoms with E-state index in [1.54, 1.807) is 0 Å². The number of sulfone groups is 1. The number of hydrogen-bond donors (Lipinski definition) is 2. The topological polar surface area (TPSA) is 144 Å². The summed E-state index contributed by atoms with van der Waals surface area (Å²) in [6.07, 6.45) is -1.35. The summed E-state index contributed by atoms with van der Waals surface area (Å²) < 4.78 is 23.2. The van der Waals surface area contributed by atoms with E-state index < -0.39 is 38.1 Å². The first-order valence-electron chi connectivity index (χ1n) is 5.66. The van der Waals surface area contributed by atoms with E-state index in [-0.39, 0.29) is 17.8 Å². The highest BCUT2D eigenvalue weighted by atomic mass is 32.2. The quantitative estimate of drug-likeness (QED) is 0.422. The Hall–Kier alpha value is -2.49. The van der Waals surface area contributed by atoms with Crippen molar-refractivity contribution in [1.82, 2.24) is 5.32 Å². The SMILES string of the molecule is O=C(O)NCCS(=O)(=O)CC(=O)c1ccc([N+](=O)[O-])cc1. The van der Waals surface area contributed by atoms with Gasteiger partial charge in [0.25, 0.3) is 5.69 Å². The molecule has 21 heavy (non-hydrogen) atoms. The number of carbonyl (C=O) groups is 2. The van der Waals surface area contributed by atoms with Crippen LogP contribution < -0.4 is 5.32 Å². The number of nitro groups is 1. The molecular formula is C11H12N2O7S. The molecule has 0 spiro atoms. The predicted molar refractivity (Wildman–Crippen MR) is 72.1 cm³/mol. The van der Waals surface area contributed by atoms with Crippen LogP contribution in [0.3, 0.4) is 0 Å². The summed E-state index contributed by atoms with van der Waals surface area (Å²) >= 11 is 0. The van der Waals surface area contributed by atoms with Crippen molar-refractivity contribution >= 4 is 27.4 Å². The third kappa shape index (κ3) is 5.57. The minimum Gasteiger partial charge on any atom is -0.465 e. The molecule has 0 radical (unpaired) electrons. The van der Waals surface area contributed by atoms with Gasteiger partial charge in [-0.1, -0.05) is 0 Å². The smallest absolute Gasteiger partial charge is 0.404 e. The van der Waals surface area contributed by atoms with Crippen molar-refractivity contribution in [3.05, 3.63) is 39.9 Å². The first-order chi connectivity index (χ1) is 9.71. The van der Waals surface area contributed by atoms with E-state index in [4.69, 9.17) is 5.11 Å². The summed E-state index contributed by atoms with van der Waals surface area (Å²) in [5, 5.41) is 20.7. The van der Waals surface area contributed by atoms with E-state index >= 15 is 0 Å². The van der Waals surface area contributed by atoms with E-state index in [1.807, 2.05) is 5.32 Å². The van der Waals surface area contributed by atoms with E-state index in [0.29, 0.717) is 0 Å². The van der Waals surface area contributed by atoms with Crippen molar-refractivity contribution in [2.45, 2.75) is 0 Å². The number of nitrogens with zero attached hydrogens (tertiary/aromatic N) is 1. The van der Waals surface area contributed by atoms with Crippen LogP contribution in [0, 0.1) is 10.1 Å². The number of benzene rings is 1. The van der Waals surface area contributed by atoms with E-state index in [0.717, 1.165) is 12.1 Å². The third-order valence-corrected chi connectivity index (χ3v) is 3.97. The van der Waals surface area contributed by atoms with E-state index in [1.165, 1.54) is 12.1 Å². The van der Waals surface area contributed by atoms with Gasteiger partial charge in [0.1, 0.15) is 5.75 Å². The average molecular weight is 316 g/mol. The standard InChI is InChI=1S/C11H12N2O7S/c14-10(7-21(19,20)6-5-12-11(15)16)8-1-3-9(4-2-8)13(17)18/h1-4,12H,5-7H2,(H,15,16). The van der Waals surface area contributed by atoms with Crippen molar-refractivity contribution in [2.24, 2.45) is 0 Å². The fraction of sp³-hybridized carbons (Fsp3) is 0.273. The molecule has 1 rings (SSSR count). The number of ketones is 1. The molecule has 1 aromatic carbocycles. The van der Waals surface area contributed by atoms with E-state index in [2.05, 4.69) is 0 Å². The van der Waals surface area contributed by atoms with Crippen LogP contribution in [0.4, 0.5) is 10.5 Å². The van der Waals surface area contributed by atoms with Crippen LogP contribution in [0.5, 0.6) is 0 Å². The Balaban J connectivity index is 2.67. The van der Waals surface area contributed by atoms with Crippen molar-refractivity contribution in [2.75, 3.05) is 18.1 Å². The molecule has 1 amide bonds. The number of non-ortho nitro benzene ring substituents is 1. The van der Waals surface area contributed by atoms with Gasteiger partial charge in [-0.15, -0.1) is 0 Å². The van der Waals surface area contributed by atoms with Crippen molar-refractivity contribution in [3.8, 4) is 0 Å². The van der Waals surface area contributed by atoms with Crippen LogP contribution in [0.25, 0.3) is 0 Å². The van der Waals surface area contributed by atoms with Gasteiger partial charge in [0.05, 0.1) is 10.7 Å². The molecule has 0 bridgehead atoms. The fourth-order valence-electron chi connectivity index (χ4n) is 1.44. The van der Waals surface area contributed by atoms with Crippen molar-refractivity contribution in [3.63, 3.8) is 0 Å². The van der Waals surface area contributed by atoms with Gasteiger partial charge >= 0.3 is 6.09 Å². The lowest BCUT2D eigenvalue weighted by Crippen LogP contribution is -2.30. The Kier molecular flexibility index (Phi) is 5.36. The summed E-state index contributed by atoms with van der Waals surface area (Å²) in [5.41, 5.74) is -0.171. The molecule has 0 aliphatic heterocycles. The number of amides is 1. The zero-order chi connectivity index (χ0) is 16.0. The number of nitro benzene ring substituents is 1. The van der Waals surface area contributed by atoms with Gasteiger partial charge in [-0.05, 0) is 12.1 Å². The number of nitrogens with one attached hydrogen (secondary N) is 1. The molecule has 9 nitrogen and oxygen atoms in total. The van der Waals surface area contributed by atoms with Crippen LogP contribution in [-0.4, -0.2) is 48.4 Å². The van der Waals surface area contributed by atoms with Gasteiger partial charge in [-0.3, -0.25) is 14.9 Å². The molecule has 0 aliphatic rings. The number of carboxylic acid groups (broad SMARTS) is 1. The lowest BCUT2D eigenvalue weighted by molar-refractivity contribution is -0.384. The van der Waals surface area contributed by atoms with Gasteiger partial charge in [0.15, 0.2) is 15.6 Å². The second-order valence-corrected chi connectivity index (χ2v) is 6.24. The maximum atomic E-state index is 11.8. The normalized spacial score (nSPS) is 10.9. The van der Waals surface area contributed by atoms with Crippen molar-refractivity contribution < 1.29 is 28.0 Å². The van der Waals surface area contributed by atoms with Gasteiger partial charge < -0.3 is 10.4 Å². The Morgan fingerprint density at radius 1 is 1.24 bits per heavy atom. The molecule has 10 heteroatoms. The maximum Gasteiger partial charge on any atom is 0.404 e. The molecule has 0 saturated carbocycles. The zero-order valence-electron chi connectivity index (χ0n) is 10.7. The number of carbonyl (C=O) groups excluding carboxylic acids is 1. The first-order valence-corrected chi connectivity index (χ1v) is 7.48. The molecule has 0 atom stereocenters. The zero-order valence-corrected chi connectivity index (χ0v) is 11.5. The highest BCUT2D eigenvalue weighted by Gasteiger charge is 2.19. The second kappa shape index (κ2) is 6.79. The van der Waals surface area contributed by atoms with Crippen LogP contribution >= 0.6 is 0 Å². The highest BCUT2D eigenvalue weighted by molar-refractivity contribution is 7.92. The molecule has 0 saturated heterocycles. The second-order valence-electron chi connectivity index (χ2n) is 4.05. The number of hydrogen-bond acceptors (Lipinski definition) is 6. The average Bonchev–Trinajstić information content (AvgIpc) is 2.37. The number of Topliss-reactive ketones (excluding diaryl/α,β-unsaturated/α-hetero) is 1. The number of rotatable bonds is 7. The molecular weight excluding hydrogens is 304 g/mol. The Bertz CT molecular complexity index is 652. The monoisotopic (exact) mass is 316 g/mol. The lowest BCUT2D eigenvalue weighted by Gasteiger charge is -2.04. The van der Waals surface area contributed by atoms with Crippen molar-refractivity contribution in [1.29, 1.82) is 0 Å². The predicted octanol–water partition coefficient (Wildman–Crippen LogP) is 0.460. The summed E-state index contributed by atoms with van der Waals surface area (Å²) in [5.74, 6) is -2.00. The van der Waals surface area contributed by atoms with Gasteiger partial charge in [-0.2, -0.15) is 0 Å². The third-order valence-electron chi connectivity index (χ3n) is 2.44. The molecule has 0 unspecified atom stereocenters. The molecule has 0 aromatic heterocycles. The highest BCUT2D eigenvalue weighted by Crippen LogP contribution is 2.13. The van der Waals surface area contributed by atoms with E-state index in [9.17, 15) is 28.1 Å². The Labute approximate surface area is 119 Å². The van der Waals surface area contributed by atoms with Crippen LogP contribution in [0.1, 0.15) is 10.4 Å². The molecule has 0 fully saturated rings. The largest absolute Gasteiger partial charge is 0.465 e.